The number of carbonyl (C=O) groups is 2. The van der Waals surface area contributed by atoms with Gasteiger partial charge in [0, 0.05) is 21.5 Å². The molecular weight excluding hydrogens is 389 g/mol. The van der Waals surface area contributed by atoms with Crippen LogP contribution >= 0.6 is 23.2 Å². The van der Waals surface area contributed by atoms with Gasteiger partial charge in [0.05, 0.1) is 17.2 Å². The van der Waals surface area contributed by atoms with Crippen molar-refractivity contribution in [3.63, 3.8) is 0 Å². The van der Waals surface area contributed by atoms with Crippen LogP contribution in [0.15, 0.2) is 42.5 Å². The van der Waals surface area contributed by atoms with E-state index in [4.69, 9.17) is 27.9 Å². The van der Waals surface area contributed by atoms with Gasteiger partial charge in [-0.1, -0.05) is 53.5 Å². The van der Waals surface area contributed by atoms with Crippen LogP contribution in [0.4, 0.5) is 0 Å². The maximum atomic E-state index is 12.4. The van der Waals surface area contributed by atoms with Crippen LogP contribution in [0, 0.1) is 0 Å². The fourth-order valence-corrected chi connectivity index (χ4v) is 3.41. The Bertz CT molecular complexity index is 1050. The van der Waals surface area contributed by atoms with Gasteiger partial charge in [-0.15, -0.1) is 0 Å². The van der Waals surface area contributed by atoms with Crippen molar-refractivity contribution in [2.45, 2.75) is 6.92 Å². The molecule has 7 heteroatoms. The minimum Gasteiger partial charge on any atom is -0.478 e. The Labute approximate surface area is 165 Å². The third-order valence-corrected chi connectivity index (χ3v) is 4.45. The number of carbonyl (C=O) groups excluding carboxylic acids is 1. The van der Waals surface area contributed by atoms with Crippen LogP contribution in [-0.2, 0) is 9.53 Å². The van der Waals surface area contributed by atoms with E-state index in [0.717, 1.165) is 0 Å². The van der Waals surface area contributed by atoms with Gasteiger partial charge >= 0.3 is 11.9 Å². The lowest BCUT2D eigenvalue weighted by Gasteiger charge is -2.05. The molecule has 1 heterocycles. The molecule has 3 aromatic rings. The molecule has 0 aliphatic carbocycles. The van der Waals surface area contributed by atoms with E-state index >= 15 is 0 Å². The topological polar surface area (TPSA) is 79.4 Å². The van der Waals surface area contributed by atoms with Gasteiger partial charge in [-0.3, -0.25) is 0 Å². The first kappa shape index (κ1) is 19.0. The number of carboxylic acids is 1. The molecule has 27 heavy (non-hydrogen) atoms. The molecule has 0 atom stereocenters. The monoisotopic (exact) mass is 403 g/mol. The van der Waals surface area contributed by atoms with Crippen molar-refractivity contribution < 1.29 is 19.4 Å². The van der Waals surface area contributed by atoms with E-state index in [1.807, 2.05) is 0 Å². The first-order chi connectivity index (χ1) is 12.9. The second-order valence-electron chi connectivity index (χ2n) is 5.67. The Morgan fingerprint density at radius 2 is 1.89 bits per heavy atom. The fraction of sp³-hybridized carbons (Fsp3) is 0.100. The van der Waals surface area contributed by atoms with Gasteiger partial charge in [0.25, 0.3) is 0 Å². The van der Waals surface area contributed by atoms with E-state index in [-0.39, 0.29) is 17.9 Å². The van der Waals surface area contributed by atoms with Gasteiger partial charge in [-0.2, -0.15) is 0 Å². The number of halogens is 2. The van der Waals surface area contributed by atoms with Crippen molar-refractivity contribution in [3.05, 3.63) is 69.3 Å². The van der Waals surface area contributed by atoms with Gasteiger partial charge in [0.15, 0.2) is 0 Å². The summed E-state index contributed by atoms with van der Waals surface area (Å²) < 4.78 is 5.09. The summed E-state index contributed by atoms with van der Waals surface area (Å²) in [6, 6.07) is 11.8. The Kier molecular flexibility index (Phi) is 5.54. The van der Waals surface area contributed by atoms with Crippen molar-refractivity contribution >= 4 is 57.7 Å². The normalized spacial score (nSPS) is 11.6. The van der Waals surface area contributed by atoms with Gasteiger partial charge in [-0.05, 0) is 30.7 Å². The summed E-state index contributed by atoms with van der Waals surface area (Å²) in [7, 11) is 0. The Hall–Kier alpha value is -2.76. The molecular formula is C20H15Cl2NO4. The minimum atomic E-state index is -1.13. The maximum absolute atomic E-state index is 12.4. The summed E-state index contributed by atoms with van der Waals surface area (Å²) in [5.74, 6) is -1.74. The van der Waals surface area contributed by atoms with Gasteiger partial charge in [0.2, 0.25) is 0 Å². The van der Waals surface area contributed by atoms with E-state index < -0.39 is 11.9 Å². The van der Waals surface area contributed by atoms with Gasteiger partial charge in [0.1, 0.15) is 5.69 Å². The fourth-order valence-electron chi connectivity index (χ4n) is 2.81. The lowest BCUT2D eigenvalue weighted by Crippen LogP contribution is -2.07. The zero-order valence-corrected chi connectivity index (χ0v) is 15.8. The lowest BCUT2D eigenvalue weighted by atomic mass is 10.0. The summed E-state index contributed by atoms with van der Waals surface area (Å²) in [4.78, 5) is 27.2. The predicted molar refractivity (Wildman–Crippen MR) is 106 cm³/mol. The summed E-state index contributed by atoms with van der Waals surface area (Å²) in [6.45, 7) is 1.86. The highest BCUT2D eigenvalue weighted by molar-refractivity contribution is 6.39. The molecule has 0 saturated carbocycles. The SMILES string of the molecule is CCOC(=O)c1[nH]c2cc(Cl)cc(Cl)c2c1/C=C(/C(=O)O)c1ccccc1. The average molecular weight is 404 g/mol. The Balaban J connectivity index is 2.32. The molecule has 0 aliphatic heterocycles. The molecule has 0 unspecified atom stereocenters. The molecule has 0 aliphatic rings. The number of hydrogen-bond donors (Lipinski definition) is 2. The van der Waals surface area contributed by atoms with Crippen LogP contribution in [0.1, 0.15) is 28.5 Å². The van der Waals surface area contributed by atoms with Crippen LogP contribution in [0.3, 0.4) is 0 Å². The van der Waals surface area contributed by atoms with Crippen LogP contribution < -0.4 is 0 Å². The molecule has 0 radical (unpaired) electrons. The van der Waals surface area contributed by atoms with E-state index in [9.17, 15) is 14.7 Å². The standard InChI is InChI=1S/C20H15Cl2NO4/c1-2-27-20(26)18-14(17-15(22)8-12(21)9-16(17)23-18)10-13(19(24)25)11-6-4-3-5-7-11/h3-10,23H,2H2,1H3,(H,24,25)/b13-10+. The smallest absolute Gasteiger partial charge is 0.355 e. The lowest BCUT2D eigenvalue weighted by molar-refractivity contribution is -0.130. The molecule has 0 fully saturated rings. The summed E-state index contributed by atoms with van der Waals surface area (Å²) in [5.41, 5.74) is 1.49. The number of hydrogen-bond acceptors (Lipinski definition) is 3. The number of ether oxygens (including phenoxy) is 1. The van der Waals surface area contributed by atoms with Gasteiger partial charge in [-0.25, -0.2) is 9.59 Å². The highest BCUT2D eigenvalue weighted by Gasteiger charge is 2.22. The zero-order valence-electron chi connectivity index (χ0n) is 14.3. The zero-order chi connectivity index (χ0) is 19.6. The summed E-state index contributed by atoms with van der Waals surface area (Å²) >= 11 is 12.4. The largest absolute Gasteiger partial charge is 0.478 e. The summed E-state index contributed by atoms with van der Waals surface area (Å²) in [5, 5.41) is 10.9. The van der Waals surface area contributed by atoms with Crippen molar-refractivity contribution in [1.29, 1.82) is 0 Å². The molecule has 138 valence electrons. The highest BCUT2D eigenvalue weighted by atomic mass is 35.5. The van der Waals surface area contributed by atoms with Crippen LogP contribution in [0.5, 0.6) is 0 Å². The molecule has 0 saturated heterocycles. The number of benzene rings is 2. The molecule has 0 spiro atoms. The number of esters is 1. The number of aliphatic carboxylic acids is 1. The number of nitrogens with one attached hydrogen (secondary N) is 1. The predicted octanol–water partition coefficient (Wildman–Crippen LogP) is 5.28. The van der Waals surface area contributed by atoms with Gasteiger partial charge < -0.3 is 14.8 Å². The van der Waals surface area contributed by atoms with E-state index in [1.165, 1.54) is 12.1 Å². The average Bonchev–Trinajstić information content (AvgIpc) is 2.99. The number of rotatable bonds is 5. The third-order valence-electron chi connectivity index (χ3n) is 3.94. The number of fused-ring (bicyclic) bond motifs is 1. The number of aromatic amines is 1. The number of aromatic nitrogens is 1. The molecule has 3 rings (SSSR count). The highest BCUT2D eigenvalue weighted by Crippen LogP contribution is 2.35. The number of carboxylic acid groups (broad SMARTS) is 1. The molecule has 2 N–H and O–H groups in total. The molecule has 0 bridgehead atoms. The molecule has 1 aromatic heterocycles. The second kappa shape index (κ2) is 7.86. The van der Waals surface area contributed by atoms with Crippen molar-refractivity contribution in [3.8, 4) is 0 Å². The minimum absolute atomic E-state index is 0.0214. The Morgan fingerprint density at radius 3 is 2.52 bits per heavy atom. The summed E-state index contributed by atoms with van der Waals surface area (Å²) in [6.07, 6.45) is 1.42. The van der Waals surface area contributed by atoms with Crippen molar-refractivity contribution in [2.75, 3.05) is 6.61 Å². The first-order valence-electron chi connectivity index (χ1n) is 8.10. The third kappa shape index (κ3) is 3.84. The Morgan fingerprint density at radius 1 is 1.19 bits per heavy atom. The molecule has 5 nitrogen and oxygen atoms in total. The van der Waals surface area contributed by atoms with E-state index in [0.29, 0.717) is 32.1 Å². The molecule has 0 amide bonds. The van der Waals surface area contributed by atoms with Crippen molar-refractivity contribution in [2.24, 2.45) is 0 Å². The van der Waals surface area contributed by atoms with Crippen LogP contribution in [0.2, 0.25) is 10.0 Å². The van der Waals surface area contributed by atoms with Crippen LogP contribution in [-0.4, -0.2) is 28.6 Å². The number of H-pyrrole nitrogens is 1. The van der Waals surface area contributed by atoms with E-state index in [1.54, 1.807) is 43.3 Å². The van der Waals surface area contributed by atoms with E-state index in [2.05, 4.69) is 4.98 Å². The molecule has 2 aromatic carbocycles. The van der Waals surface area contributed by atoms with Crippen LogP contribution in [0.25, 0.3) is 22.6 Å². The first-order valence-corrected chi connectivity index (χ1v) is 8.86. The maximum Gasteiger partial charge on any atom is 0.355 e. The quantitative estimate of drug-likeness (QED) is 0.448. The second-order valence-corrected chi connectivity index (χ2v) is 6.52. The van der Waals surface area contributed by atoms with Crippen molar-refractivity contribution in [1.82, 2.24) is 4.98 Å².